The molecule has 0 N–H and O–H groups in total. The molecule has 4 aliphatic rings. The molecule has 4 fully saturated rings. The first kappa shape index (κ1) is 20.0. The van der Waals surface area contributed by atoms with Crippen molar-refractivity contribution < 1.29 is 9.59 Å². The highest BCUT2D eigenvalue weighted by atomic mass is 16.2. The van der Waals surface area contributed by atoms with Crippen LogP contribution in [0, 0.1) is 23.7 Å². The van der Waals surface area contributed by atoms with E-state index in [2.05, 4.69) is 47.2 Å². The molecule has 30 heavy (non-hydrogen) atoms. The highest BCUT2D eigenvalue weighted by Crippen LogP contribution is 2.44. The molecule has 1 aromatic carbocycles. The second-order valence-electron chi connectivity index (χ2n) is 10.0. The summed E-state index contributed by atoms with van der Waals surface area (Å²) in [7, 11) is 2.22. The van der Waals surface area contributed by atoms with Gasteiger partial charge in [0, 0.05) is 56.5 Å². The minimum atomic E-state index is 0.101. The Hall–Kier alpha value is -1.88. The minimum absolute atomic E-state index is 0.101. The number of piperidine rings is 1. The van der Waals surface area contributed by atoms with E-state index in [1.165, 1.54) is 18.4 Å². The monoisotopic (exact) mass is 409 g/mol. The van der Waals surface area contributed by atoms with E-state index in [1.54, 1.807) is 0 Å². The fourth-order valence-corrected chi connectivity index (χ4v) is 6.63. The van der Waals surface area contributed by atoms with Gasteiger partial charge in [0.05, 0.1) is 0 Å². The molecule has 1 aromatic rings. The molecule has 1 saturated carbocycles. The van der Waals surface area contributed by atoms with Crippen LogP contribution in [0.25, 0.3) is 0 Å². The zero-order valence-corrected chi connectivity index (χ0v) is 18.2. The van der Waals surface area contributed by atoms with Gasteiger partial charge in [-0.2, -0.15) is 0 Å². The number of fused-ring (bicyclic) bond motifs is 1. The molecular formula is C25H35N3O2. The van der Waals surface area contributed by atoms with Gasteiger partial charge in [-0.15, -0.1) is 0 Å². The van der Waals surface area contributed by atoms with Gasteiger partial charge in [-0.25, -0.2) is 0 Å². The Bertz CT molecular complexity index is 768. The molecule has 5 rings (SSSR count). The number of benzene rings is 1. The largest absolute Gasteiger partial charge is 0.342 e. The maximum atomic E-state index is 13.3. The first-order valence-corrected chi connectivity index (χ1v) is 11.9. The molecule has 3 heterocycles. The highest BCUT2D eigenvalue weighted by molar-refractivity contribution is 5.81. The number of likely N-dealkylation sites (tertiary alicyclic amines) is 3. The number of carbonyl (C=O) groups excluding carboxylic acids is 2. The van der Waals surface area contributed by atoms with Crippen LogP contribution < -0.4 is 0 Å². The van der Waals surface area contributed by atoms with Crippen molar-refractivity contribution in [3.05, 3.63) is 35.9 Å². The number of rotatable bonds is 3. The molecule has 5 heteroatoms. The van der Waals surface area contributed by atoms with Gasteiger partial charge in [-0.3, -0.25) is 14.5 Å². The standard InChI is InChI=1S/C25H35N3O2/c1-26-15-21-16-28(17-22(21)23(26)18-7-3-2-4-8-18)25(30)20-11-13-27(14-12-20)24(29)19-9-5-6-10-19/h2-4,7-8,19-23H,5-6,9-17H2,1H3/t21-,22+,23-/m0/s1. The van der Waals surface area contributed by atoms with E-state index in [0.29, 0.717) is 29.7 Å². The summed E-state index contributed by atoms with van der Waals surface area (Å²) in [6.45, 7) is 4.39. The van der Waals surface area contributed by atoms with Crippen molar-refractivity contribution >= 4 is 11.8 Å². The number of hydrogen-bond acceptors (Lipinski definition) is 3. The van der Waals surface area contributed by atoms with Crippen LogP contribution in [-0.2, 0) is 9.59 Å². The van der Waals surface area contributed by atoms with E-state index in [4.69, 9.17) is 0 Å². The predicted molar refractivity (Wildman–Crippen MR) is 117 cm³/mol. The average Bonchev–Trinajstić information content (AvgIpc) is 3.50. The Balaban J connectivity index is 1.18. The third-order valence-electron chi connectivity index (χ3n) is 8.21. The lowest BCUT2D eigenvalue weighted by Crippen LogP contribution is -2.45. The molecule has 2 amide bonds. The summed E-state index contributed by atoms with van der Waals surface area (Å²) in [5.41, 5.74) is 1.38. The highest BCUT2D eigenvalue weighted by Gasteiger charge is 2.48. The number of nitrogens with zero attached hydrogens (tertiary/aromatic N) is 3. The van der Waals surface area contributed by atoms with Crippen molar-refractivity contribution in [3.63, 3.8) is 0 Å². The predicted octanol–water partition coefficient (Wildman–Crippen LogP) is 3.18. The smallest absolute Gasteiger partial charge is 0.225 e. The third-order valence-corrected chi connectivity index (χ3v) is 8.21. The van der Waals surface area contributed by atoms with Gasteiger partial charge in [-0.1, -0.05) is 43.2 Å². The lowest BCUT2D eigenvalue weighted by Gasteiger charge is -2.35. The summed E-state index contributed by atoms with van der Waals surface area (Å²) in [5, 5.41) is 0. The second kappa shape index (κ2) is 8.33. The minimum Gasteiger partial charge on any atom is -0.342 e. The quantitative estimate of drug-likeness (QED) is 0.770. The molecule has 5 nitrogen and oxygen atoms in total. The molecule has 0 aromatic heterocycles. The normalized spacial score (nSPS) is 30.8. The van der Waals surface area contributed by atoms with Gasteiger partial charge >= 0.3 is 0 Å². The first-order chi connectivity index (χ1) is 14.6. The second-order valence-corrected chi connectivity index (χ2v) is 10.0. The molecule has 3 aliphatic heterocycles. The van der Waals surface area contributed by atoms with Crippen LogP contribution in [-0.4, -0.2) is 66.3 Å². The maximum absolute atomic E-state index is 13.3. The zero-order valence-electron chi connectivity index (χ0n) is 18.2. The van der Waals surface area contributed by atoms with Crippen molar-refractivity contribution in [3.8, 4) is 0 Å². The van der Waals surface area contributed by atoms with E-state index in [9.17, 15) is 9.59 Å². The van der Waals surface area contributed by atoms with Crippen molar-refractivity contribution in [1.82, 2.24) is 14.7 Å². The van der Waals surface area contributed by atoms with E-state index in [1.807, 2.05) is 4.90 Å². The number of amides is 2. The van der Waals surface area contributed by atoms with Gasteiger partial charge in [-0.05, 0) is 44.2 Å². The van der Waals surface area contributed by atoms with E-state index in [0.717, 1.165) is 58.4 Å². The third kappa shape index (κ3) is 3.66. The summed E-state index contributed by atoms with van der Waals surface area (Å²) < 4.78 is 0. The van der Waals surface area contributed by atoms with Crippen LogP contribution in [0.4, 0.5) is 0 Å². The van der Waals surface area contributed by atoms with Crippen molar-refractivity contribution in [2.45, 2.75) is 44.6 Å². The number of hydrogen-bond donors (Lipinski definition) is 0. The zero-order chi connectivity index (χ0) is 20.7. The topological polar surface area (TPSA) is 43.9 Å². The molecule has 0 spiro atoms. The average molecular weight is 410 g/mol. The SMILES string of the molecule is CN1C[C@H]2CN(C(=O)C3CCN(C(=O)C4CCCC4)CC3)C[C@H]2[C@@H]1c1ccccc1. The van der Waals surface area contributed by atoms with E-state index in [-0.39, 0.29) is 11.8 Å². The van der Waals surface area contributed by atoms with Crippen LogP contribution in [0.15, 0.2) is 30.3 Å². The Morgan fingerprint density at radius 3 is 2.13 bits per heavy atom. The maximum Gasteiger partial charge on any atom is 0.225 e. The van der Waals surface area contributed by atoms with Gasteiger partial charge in [0.1, 0.15) is 0 Å². The first-order valence-electron chi connectivity index (χ1n) is 11.9. The Kier molecular flexibility index (Phi) is 5.57. The van der Waals surface area contributed by atoms with E-state index >= 15 is 0 Å². The van der Waals surface area contributed by atoms with Crippen molar-refractivity contribution in [2.75, 3.05) is 39.8 Å². The molecule has 3 atom stereocenters. The molecule has 0 unspecified atom stereocenters. The molecule has 162 valence electrons. The van der Waals surface area contributed by atoms with Crippen LogP contribution in [0.5, 0.6) is 0 Å². The molecule has 0 bridgehead atoms. The van der Waals surface area contributed by atoms with Crippen molar-refractivity contribution in [1.29, 1.82) is 0 Å². The van der Waals surface area contributed by atoms with Gasteiger partial charge < -0.3 is 9.80 Å². The lowest BCUT2D eigenvalue weighted by molar-refractivity contribution is -0.142. The fourth-order valence-electron chi connectivity index (χ4n) is 6.63. The van der Waals surface area contributed by atoms with Gasteiger partial charge in [0.25, 0.3) is 0 Å². The van der Waals surface area contributed by atoms with Gasteiger partial charge in [0.15, 0.2) is 0 Å². The summed E-state index contributed by atoms with van der Waals surface area (Å²) in [5.74, 6) is 2.15. The lowest BCUT2D eigenvalue weighted by atomic mass is 9.89. The van der Waals surface area contributed by atoms with Crippen LogP contribution in [0.3, 0.4) is 0 Å². The molecular weight excluding hydrogens is 374 g/mol. The molecule has 0 radical (unpaired) electrons. The molecule has 3 saturated heterocycles. The van der Waals surface area contributed by atoms with Crippen molar-refractivity contribution in [2.24, 2.45) is 23.7 Å². The Morgan fingerprint density at radius 1 is 0.800 bits per heavy atom. The van der Waals surface area contributed by atoms with Crippen LogP contribution >= 0.6 is 0 Å². The molecule has 1 aliphatic carbocycles. The van der Waals surface area contributed by atoms with Crippen LogP contribution in [0.1, 0.15) is 50.1 Å². The summed E-state index contributed by atoms with van der Waals surface area (Å²) in [6.07, 6.45) is 6.19. The Morgan fingerprint density at radius 2 is 1.43 bits per heavy atom. The number of carbonyl (C=O) groups is 2. The van der Waals surface area contributed by atoms with Crippen LogP contribution in [0.2, 0.25) is 0 Å². The van der Waals surface area contributed by atoms with E-state index < -0.39 is 0 Å². The Labute approximate surface area is 180 Å². The summed E-state index contributed by atoms with van der Waals surface area (Å²) >= 11 is 0. The van der Waals surface area contributed by atoms with Gasteiger partial charge in [0.2, 0.25) is 11.8 Å². The summed E-state index contributed by atoms with van der Waals surface area (Å²) in [6, 6.07) is 11.2. The fraction of sp³-hybridized carbons (Fsp3) is 0.680. The summed E-state index contributed by atoms with van der Waals surface area (Å²) in [4.78, 5) is 32.7.